The molecule has 10 heteroatoms. The summed E-state index contributed by atoms with van der Waals surface area (Å²) in [5, 5.41) is 15.5. The molecular formula is C19H18F2N6O2. The highest BCUT2D eigenvalue weighted by Crippen LogP contribution is 2.31. The van der Waals surface area contributed by atoms with Crippen molar-refractivity contribution in [2.45, 2.75) is 18.4 Å². The monoisotopic (exact) mass is 400 g/mol. The topological polar surface area (TPSA) is 104 Å². The SMILES string of the molecule is Cn1cc(/C=C/c2cnccc2C(=O)NCC(=O)N2CC(F)(F)C[C@H]2C#N)cn1. The molecule has 2 aromatic heterocycles. The molecule has 1 aliphatic rings. The third kappa shape index (κ3) is 4.82. The van der Waals surface area contributed by atoms with E-state index in [0.717, 1.165) is 10.5 Å². The smallest absolute Gasteiger partial charge is 0.268 e. The number of hydrogen-bond donors (Lipinski definition) is 1. The lowest BCUT2D eigenvalue weighted by atomic mass is 10.1. The predicted octanol–water partition coefficient (Wildman–Crippen LogP) is 1.48. The molecule has 1 fully saturated rings. The van der Waals surface area contributed by atoms with E-state index in [-0.39, 0.29) is 5.56 Å². The molecule has 3 rings (SSSR count). The maximum Gasteiger partial charge on any atom is 0.268 e. The molecule has 0 bridgehead atoms. The summed E-state index contributed by atoms with van der Waals surface area (Å²) < 4.78 is 28.6. The van der Waals surface area contributed by atoms with E-state index in [1.54, 1.807) is 42.3 Å². The number of alkyl halides is 2. The maximum atomic E-state index is 13.5. The van der Waals surface area contributed by atoms with Crippen molar-refractivity contribution in [3.63, 3.8) is 0 Å². The number of amides is 2. The van der Waals surface area contributed by atoms with Crippen LogP contribution in [0, 0.1) is 11.3 Å². The van der Waals surface area contributed by atoms with Crippen LogP contribution < -0.4 is 5.32 Å². The molecule has 3 heterocycles. The molecule has 29 heavy (non-hydrogen) atoms. The number of pyridine rings is 1. The third-order valence-electron chi connectivity index (χ3n) is 4.42. The van der Waals surface area contributed by atoms with E-state index in [9.17, 15) is 18.4 Å². The first-order valence-electron chi connectivity index (χ1n) is 8.75. The van der Waals surface area contributed by atoms with Crippen LogP contribution >= 0.6 is 0 Å². The molecule has 150 valence electrons. The minimum Gasteiger partial charge on any atom is -0.343 e. The van der Waals surface area contributed by atoms with Gasteiger partial charge in [0.1, 0.15) is 6.04 Å². The van der Waals surface area contributed by atoms with Gasteiger partial charge in [0.2, 0.25) is 5.91 Å². The highest BCUT2D eigenvalue weighted by atomic mass is 19.3. The van der Waals surface area contributed by atoms with Crippen molar-refractivity contribution in [2.24, 2.45) is 7.05 Å². The van der Waals surface area contributed by atoms with Gasteiger partial charge in [-0.05, 0) is 6.07 Å². The molecule has 1 atom stereocenters. The minimum absolute atomic E-state index is 0.275. The molecule has 1 aliphatic heterocycles. The Morgan fingerprint density at radius 3 is 2.90 bits per heavy atom. The molecule has 0 saturated carbocycles. The van der Waals surface area contributed by atoms with Gasteiger partial charge in [-0.2, -0.15) is 10.4 Å². The first-order valence-corrected chi connectivity index (χ1v) is 8.75. The van der Waals surface area contributed by atoms with Gasteiger partial charge in [0, 0.05) is 48.7 Å². The van der Waals surface area contributed by atoms with Crippen molar-refractivity contribution < 1.29 is 18.4 Å². The fourth-order valence-corrected chi connectivity index (χ4v) is 3.01. The molecule has 0 radical (unpaired) electrons. The zero-order valence-electron chi connectivity index (χ0n) is 15.5. The Morgan fingerprint density at radius 2 is 2.21 bits per heavy atom. The van der Waals surface area contributed by atoms with E-state index in [0.29, 0.717) is 5.56 Å². The summed E-state index contributed by atoms with van der Waals surface area (Å²) in [6, 6.07) is 1.99. The summed E-state index contributed by atoms with van der Waals surface area (Å²) in [5.41, 5.74) is 1.62. The second-order valence-electron chi connectivity index (χ2n) is 6.65. The number of carbonyl (C=O) groups excluding carboxylic acids is 2. The quantitative estimate of drug-likeness (QED) is 0.819. The van der Waals surface area contributed by atoms with Crippen molar-refractivity contribution in [1.82, 2.24) is 25.0 Å². The molecule has 0 spiro atoms. The zero-order valence-corrected chi connectivity index (χ0v) is 15.5. The molecule has 2 amide bonds. The summed E-state index contributed by atoms with van der Waals surface area (Å²) in [5.74, 6) is -4.38. The van der Waals surface area contributed by atoms with E-state index in [4.69, 9.17) is 5.26 Å². The van der Waals surface area contributed by atoms with Gasteiger partial charge in [0.05, 0.1) is 25.4 Å². The van der Waals surface area contributed by atoms with E-state index >= 15 is 0 Å². The lowest BCUT2D eigenvalue weighted by molar-refractivity contribution is -0.131. The number of nitrogens with zero attached hydrogens (tertiary/aromatic N) is 5. The standard InChI is InChI=1S/C19H18F2N6O2/c1-26-11-13(8-25-26)2-3-14-9-23-5-4-16(14)18(29)24-10-17(28)27-12-19(20,21)6-15(27)7-22/h2-5,8-9,11,15H,6,10,12H2,1H3,(H,24,29)/b3-2+/t15-/m0/s1. The lowest BCUT2D eigenvalue weighted by Crippen LogP contribution is -2.43. The number of carbonyl (C=O) groups is 2. The van der Waals surface area contributed by atoms with E-state index in [1.807, 2.05) is 0 Å². The Balaban J connectivity index is 1.66. The van der Waals surface area contributed by atoms with Crippen molar-refractivity contribution in [2.75, 3.05) is 13.1 Å². The first-order chi connectivity index (χ1) is 13.8. The van der Waals surface area contributed by atoms with Gasteiger partial charge in [0.15, 0.2) is 0 Å². The van der Waals surface area contributed by atoms with Gasteiger partial charge in [-0.15, -0.1) is 0 Å². The van der Waals surface area contributed by atoms with E-state index in [2.05, 4.69) is 15.4 Å². The fourth-order valence-electron chi connectivity index (χ4n) is 3.01. The van der Waals surface area contributed by atoms with Crippen molar-refractivity contribution >= 4 is 24.0 Å². The van der Waals surface area contributed by atoms with E-state index in [1.165, 1.54) is 18.5 Å². The second-order valence-corrected chi connectivity index (χ2v) is 6.65. The number of aryl methyl sites for hydroxylation is 1. The molecule has 1 saturated heterocycles. The fraction of sp³-hybridized carbons (Fsp3) is 0.316. The van der Waals surface area contributed by atoms with Gasteiger partial charge in [0.25, 0.3) is 11.8 Å². The number of nitriles is 1. The summed E-state index contributed by atoms with van der Waals surface area (Å²) in [4.78, 5) is 29.5. The highest BCUT2D eigenvalue weighted by molar-refractivity contribution is 6.00. The van der Waals surface area contributed by atoms with Crippen LogP contribution in [0.4, 0.5) is 8.78 Å². The summed E-state index contributed by atoms with van der Waals surface area (Å²) in [6.45, 7) is -1.31. The number of nitrogens with one attached hydrogen (secondary N) is 1. The number of halogens is 2. The van der Waals surface area contributed by atoms with Crippen LogP contribution in [-0.4, -0.2) is 56.5 Å². The van der Waals surface area contributed by atoms with Crippen LogP contribution in [0.2, 0.25) is 0 Å². The Bertz CT molecular complexity index is 995. The molecule has 2 aromatic rings. The number of hydrogen-bond acceptors (Lipinski definition) is 5. The third-order valence-corrected chi connectivity index (χ3v) is 4.42. The Hall–Kier alpha value is -3.61. The van der Waals surface area contributed by atoms with Crippen LogP contribution in [0.1, 0.15) is 27.9 Å². The van der Waals surface area contributed by atoms with E-state index < -0.39 is 43.3 Å². The largest absolute Gasteiger partial charge is 0.343 e. The average Bonchev–Trinajstić information content (AvgIpc) is 3.26. The van der Waals surface area contributed by atoms with Crippen molar-refractivity contribution in [1.29, 1.82) is 5.26 Å². The molecule has 0 aliphatic carbocycles. The summed E-state index contributed by atoms with van der Waals surface area (Å²) in [6.07, 6.45) is 9.13. The maximum absolute atomic E-state index is 13.5. The number of likely N-dealkylation sites (tertiary alicyclic amines) is 1. The predicted molar refractivity (Wildman–Crippen MR) is 99.4 cm³/mol. The normalized spacial score (nSPS) is 18.0. The minimum atomic E-state index is -3.10. The summed E-state index contributed by atoms with van der Waals surface area (Å²) >= 11 is 0. The molecule has 1 N–H and O–H groups in total. The Kier molecular flexibility index (Phi) is 5.68. The lowest BCUT2D eigenvalue weighted by Gasteiger charge is -2.19. The molecule has 8 nitrogen and oxygen atoms in total. The zero-order chi connectivity index (χ0) is 21.0. The Labute approximate surface area is 165 Å². The second kappa shape index (κ2) is 8.18. The average molecular weight is 400 g/mol. The van der Waals surface area contributed by atoms with Crippen LogP contribution in [0.3, 0.4) is 0 Å². The highest BCUT2D eigenvalue weighted by Gasteiger charge is 2.47. The number of rotatable bonds is 5. The molecule has 0 unspecified atom stereocenters. The van der Waals surface area contributed by atoms with Gasteiger partial charge >= 0.3 is 0 Å². The van der Waals surface area contributed by atoms with Gasteiger partial charge in [-0.1, -0.05) is 12.2 Å². The molecular weight excluding hydrogens is 382 g/mol. The van der Waals surface area contributed by atoms with Crippen molar-refractivity contribution in [3.8, 4) is 6.07 Å². The van der Waals surface area contributed by atoms with Gasteiger partial charge < -0.3 is 10.2 Å². The van der Waals surface area contributed by atoms with Crippen LogP contribution in [-0.2, 0) is 11.8 Å². The summed E-state index contributed by atoms with van der Waals surface area (Å²) in [7, 11) is 1.78. The number of aromatic nitrogens is 3. The Morgan fingerprint density at radius 1 is 1.41 bits per heavy atom. The first kappa shape index (κ1) is 20.1. The van der Waals surface area contributed by atoms with Crippen LogP contribution in [0.5, 0.6) is 0 Å². The molecule has 0 aromatic carbocycles. The van der Waals surface area contributed by atoms with Gasteiger partial charge in [-0.25, -0.2) is 8.78 Å². The van der Waals surface area contributed by atoms with Gasteiger partial charge in [-0.3, -0.25) is 19.3 Å². The van der Waals surface area contributed by atoms with Crippen molar-refractivity contribution in [3.05, 3.63) is 47.5 Å². The van der Waals surface area contributed by atoms with Crippen LogP contribution in [0.25, 0.3) is 12.2 Å². The van der Waals surface area contributed by atoms with Crippen LogP contribution in [0.15, 0.2) is 30.9 Å².